The van der Waals surface area contributed by atoms with Gasteiger partial charge >= 0.3 is 5.97 Å². The molecule has 0 atom stereocenters. The molecule has 22 heavy (non-hydrogen) atoms. The molecule has 6 nitrogen and oxygen atoms in total. The number of carbonyl (C=O) groups excluding carboxylic acids is 2. The fraction of sp³-hybridized carbons (Fsp3) is 0.812. The Morgan fingerprint density at radius 3 is 2.27 bits per heavy atom. The van der Waals surface area contributed by atoms with Crippen molar-refractivity contribution in [3.05, 3.63) is 0 Å². The summed E-state index contributed by atoms with van der Waals surface area (Å²) < 4.78 is 0. The third kappa shape index (κ3) is 6.03. The molecule has 0 bridgehead atoms. The number of unbranched alkanes of at least 4 members (excludes halogenated alkanes) is 1. The Labute approximate surface area is 132 Å². The Morgan fingerprint density at radius 2 is 1.68 bits per heavy atom. The van der Waals surface area contributed by atoms with E-state index in [2.05, 4.69) is 10.6 Å². The molecule has 1 aliphatic rings. The van der Waals surface area contributed by atoms with E-state index in [1.165, 1.54) is 0 Å². The number of carboxylic acids is 1. The number of amides is 2. The van der Waals surface area contributed by atoms with E-state index in [4.69, 9.17) is 5.11 Å². The molecule has 1 aliphatic carbocycles. The maximum absolute atomic E-state index is 12.4. The van der Waals surface area contributed by atoms with Crippen LogP contribution in [0.1, 0.15) is 71.1 Å². The van der Waals surface area contributed by atoms with Crippen LogP contribution in [-0.2, 0) is 14.4 Å². The first-order valence-corrected chi connectivity index (χ1v) is 8.31. The van der Waals surface area contributed by atoms with Crippen LogP contribution in [0, 0.1) is 0 Å². The van der Waals surface area contributed by atoms with Crippen LogP contribution in [0.3, 0.4) is 0 Å². The molecule has 0 aromatic heterocycles. The zero-order chi connectivity index (χ0) is 16.4. The topological polar surface area (TPSA) is 95.5 Å². The van der Waals surface area contributed by atoms with Crippen molar-refractivity contribution in [2.45, 2.75) is 76.7 Å². The van der Waals surface area contributed by atoms with Gasteiger partial charge in [-0.1, -0.05) is 26.2 Å². The molecule has 126 valence electrons. The van der Waals surface area contributed by atoms with Crippen molar-refractivity contribution < 1.29 is 19.5 Å². The van der Waals surface area contributed by atoms with Crippen molar-refractivity contribution >= 4 is 17.8 Å². The van der Waals surface area contributed by atoms with Crippen LogP contribution in [0.5, 0.6) is 0 Å². The van der Waals surface area contributed by atoms with Gasteiger partial charge < -0.3 is 15.7 Å². The lowest BCUT2D eigenvalue weighted by Gasteiger charge is -2.36. The van der Waals surface area contributed by atoms with Crippen molar-refractivity contribution in [2.24, 2.45) is 0 Å². The summed E-state index contributed by atoms with van der Waals surface area (Å²) in [5.41, 5.74) is -0.767. The molecule has 1 saturated carbocycles. The molecule has 1 rings (SSSR count). The lowest BCUT2D eigenvalue weighted by Crippen LogP contribution is -2.59. The molecule has 0 aromatic rings. The van der Waals surface area contributed by atoms with E-state index in [0.29, 0.717) is 32.2 Å². The summed E-state index contributed by atoms with van der Waals surface area (Å²) >= 11 is 0. The van der Waals surface area contributed by atoms with Gasteiger partial charge in [-0.2, -0.15) is 0 Å². The number of carboxylic acid groups (broad SMARTS) is 1. The van der Waals surface area contributed by atoms with Crippen LogP contribution in [0.2, 0.25) is 0 Å². The minimum absolute atomic E-state index is 0.0760. The molecule has 1 fully saturated rings. The van der Waals surface area contributed by atoms with E-state index in [1.54, 1.807) is 0 Å². The largest absolute Gasteiger partial charge is 0.481 e. The van der Waals surface area contributed by atoms with E-state index < -0.39 is 11.5 Å². The van der Waals surface area contributed by atoms with Gasteiger partial charge in [0.15, 0.2) is 0 Å². The number of nitrogens with one attached hydrogen (secondary N) is 2. The summed E-state index contributed by atoms with van der Waals surface area (Å²) in [4.78, 5) is 35.0. The average molecular weight is 312 g/mol. The van der Waals surface area contributed by atoms with E-state index in [0.717, 1.165) is 25.7 Å². The molecule has 0 radical (unpaired) electrons. The van der Waals surface area contributed by atoms with E-state index in [1.807, 2.05) is 6.92 Å². The molecule has 2 amide bonds. The maximum atomic E-state index is 12.4. The monoisotopic (exact) mass is 312 g/mol. The van der Waals surface area contributed by atoms with Gasteiger partial charge in [-0.05, 0) is 32.1 Å². The molecule has 0 saturated heterocycles. The Hall–Kier alpha value is -1.59. The van der Waals surface area contributed by atoms with Crippen molar-refractivity contribution in [1.29, 1.82) is 0 Å². The molecular formula is C16H28N2O4. The third-order valence-electron chi connectivity index (χ3n) is 4.10. The van der Waals surface area contributed by atoms with Gasteiger partial charge in [0.25, 0.3) is 0 Å². The van der Waals surface area contributed by atoms with Crippen LogP contribution in [0.25, 0.3) is 0 Å². The Bertz CT molecular complexity index is 390. The lowest BCUT2D eigenvalue weighted by atomic mass is 9.80. The van der Waals surface area contributed by atoms with Crippen molar-refractivity contribution in [2.75, 3.05) is 6.54 Å². The smallest absolute Gasteiger partial charge is 0.303 e. The van der Waals surface area contributed by atoms with Gasteiger partial charge in [0.2, 0.25) is 11.8 Å². The fourth-order valence-electron chi connectivity index (χ4n) is 2.86. The van der Waals surface area contributed by atoms with E-state index in [-0.39, 0.29) is 24.7 Å². The summed E-state index contributed by atoms with van der Waals surface area (Å²) in [6.07, 6.45) is 6.58. The zero-order valence-electron chi connectivity index (χ0n) is 13.5. The Kier molecular flexibility index (Phi) is 7.91. The number of aliphatic carboxylic acids is 1. The summed E-state index contributed by atoms with van der Waals surface area (Å²) in [7, 11) is 0. The predicted molar refractivity (Wildman–Crippen MR) is 83.4 cm³/mol. The summed E-state index contributed by atoms with van der Waals surface area (Å²) in [5.74, 6) is -1.07. The highest BCUT2D eigenvalue weighted by Crippen LogP contribution is 2.28. The number of carbonyl (C=O) groups is 3. The van der Waals surface area contributed by atoms with Crippen molar-refractivity contribution in [3.63, 3.8) is 0 Å². The second-order valence-corrected chi connectivity index (χ2v) is 6.05. The van der Waals surface area contributed by atoms with Crippen LogP contribution in [0.15, 0.2) is 0 Å². The molecule has 3 N–H and O–H groups in total. The molecular weight excluding hydrogens is 284 g/mol. The minimum Gasteiger partial charge on any atom is -0.481 e. The van der Waals surface area contributed by atoms with Crippen LogP contribution >= 0.6 is 0 Å². The highest BCUT2D eigenvalue weighted by atomic mass is 16.4. The molecule has 0 aromatic carbocycles. The maximum Gasteiger partial charge on any atom is 0.303 e. The Balaban J connectivity index is 2.51. The van der Waals surface area contributed by atoms with Crippen LogP contribution in [-0.4, -0.2) is 35.0 Å². The van der Waals surface area contributed by atoms with Crippen LogP contribution < -0.4 is 10.6 Å². The van der Waals surface area contributed by atoms with E-state index in [9.17, 15) is 14.4 Å². The number of hydrogen-bond donors (Lipinski definition) is 3. The molecule has 0 heterocycles. The second-order valence-electron chi connectivity index (χ2n) is 6.05. The first-order valence-electron chi connectivity index (χ1n) is 8.31. The fourth-order valence-corrected chi connectivity index (χ4v) is 2.86. The summed E-state index contributed by atoms with van der Waals surface area (Å²) in [6, 6.07) is 0. The average Bonchev–Trinajstić information content (AvgIpc) is 2.50. The van der Waals surface area contributed by atoms with Gasteiger partial charge in [-0.3, -0.25) is 14.4 Å². The highest BCUT2D eigenvalue weighted by molar-refractivity contribution is 5.91. The third-order valence-corrected chi connectivity index (χ3v) is 4.10. The molecule has 6 heteroatoms. The first-order chi connectivity index (χ1) is 10.5. The lowest BCUT2D eigenvalue weighted by molar-refractivity contribution is -0.137. The first kappa shape index (κ1) is 18.5. The van der Waals surface area contributed by atoms with Gasteiger partial charge in [0.1, 0.15) is 5.54 Å². The number of hydrogen-bond acceptors (Lipinski definition) is 3. The standard InChI is InChI=1S/C16H28N2O4/c1-2-12-17-15(22)16(10-6-3-7-11-16)18-13(19)8-4-5-9-14(20)21/h2-12H2,1H3,(H,17,22)(H,18,19)(H,20,21). The second kappa shape index (κ2) is 9.43. The van der Waals surface area contributed by atoms with Crippen molar-refractivity contribution in [1.82, 2.24) is 10.6 Å². The van der Waals surface area contributed by atoms with Gasteiger partial charge in [0, 0.05) is 19.4 Å². The number of rotatable bonds is 9. The van der Waals surface area contributed by atoms with E-state index >= 15 is 0 Å². The highest BCUT2D eigenvalue weighted by Gasteiger charge is 2.40. The van der Waals surface area contributed by atoms with Gasteiger partial charge in [-0.15, -0.1) is 0 Å². The zero-order valence-corrected chi connectivity index (χ0v) is 13.5. The quantitative estimate of drug-likeness (QED) is 0.567. The SMILES string of the molecule is CCCNC(=O)C1(NC(=O)CCCCC(=O)O)CCCCC1. The molecule has 0 unspecified atom stereocenters. The molecule has 0 spiro atoms. The summed E-state index contributed by atoms with van der Waals surface area (Å²) in [5, 5.41) is 14.4. The van der Waals surface area contributed by atoms with Gasteiger partial charge in [0.05, 0.1) is 0 Å². The van der Waals surface area contributed by atoms with Crippen molar-refractivity contribution in [3.8, 4) is 0 Å². The Morgan fingerprint density at radius 1 is 1.05 bits per heavy atom. The van der Waals surface area contributed by atoms with Gasteiger partial charge in [-0.25, -0.2) is 0 Å². The normalized spacial score (nSPS) is 16.8. The summed E-state index contributed by atoms with van der Waals surface area (Å²) in [6.45, 7) is 2.62. The molecule has 0 aliphatic heterocycles. The van der Waals surface area contributed by atoms with Crippen LogP contribution in [0.4, 0.5) is 0 Å². The predicted octanol–water partition coefficient (Wildman–Crippen LogP) is 1.98. The minimum atomic E-state index is -0.844.